The van der Waals surface area contributed by atoms with Gasteiger partial charge in [0.25, 0.3) is 0 Å². The zero-order valence-electron chi connectivity index (χ0n) is 14.6. The van der Waals surface area contributed by atoms with E-state index in [0.717, 1.165) is 31.1 Å². The second-order valence-electron chi connectivity index (χ2n) is 6.27. The van der Waals surface area contributed by atoms with Gasteiger partial charge in [-0.05, 0) is 49.2 Å². The van der Waals surface area contributed by atoms with E-state index in [4.69, 9.17) is 4.74 Å². The first kappa shape index (κ1) is 17.6. The Balaban J connectivity index is 2.04. The molecule has 23 heavy (non-hydrogen) atoms. The zero-order valence-corrected chi connectivity index (χ0v) is 14.6. The fraction of sp³-hybridized carbons (Fsp3) is 0.429. The van der Waals surface area contributed by atoms with E-state index in [2.05, 4.69) is 67.7 Å². The maximum atomic E-state index is 6.25. The van der Waals surface area contributed by atoms with Crippen molar-refractivity contribution in [2.24, 2.45) is 5.92 Å². The highest BCUT2D eigenvalue weighted by atomic mass is 16.5. The minimum Gasteiger partial charge on any atom is -0.486 e. The molecule has 2 aromatic rings. The Morgan fingerprint density at radius 3 is 2.30 bits per heavy atom. The topological polar surface area (TPSA) is 21.3 Å². The minimum atomic E-state index is 0.0871. The summed E-state index contributed by atoms with van der Waals surface area (Å²) in [4.78, 5) is 0. The van der Waals surface area contributed by atoms with E-state index in [0.29, 0.717) is 0 Å². The quantitative estimate of drug-likeness (QED) is 0.703. The van der Waals surface area contributed by atoms with Crippen molar-refractivity contribution in [3.63, 3.8) is 0 Å². The summed E-state index contributed by atoms with van der Waals surface area (Å²) in [5.41, 5.74) is 2.62. The molecule has 0 aliphatic carbocycles. The van der Waals surface area contributed by atoms with Crippen molar-refractivity contribution < 1.29 is 4.74 Å². The molecule has 0 amide bonds. The SMILES string of the molecule is CCC(C)Cc1ccc(OC(CCNC)c2ccccc2)cc1. The summed E-state index contributed by atoms with van der Waals surface area (Å²) in [6.07, 6.45) is 3.40. The van der Waals surface area contributed by atoms with Crippen LogP contribution in [-0.4, -0.2) is 13.6 Å². The van der Waals surface area contributed by atoms with Gasteiger partial charge < -0.3 is 10.1 Å². The zero-order chi connectivity index (χ0) is 16.5. The van der Waals surface area contributed by atoms with Crippen LogP contribution in [0.4, 0.5) is 0 Å². The summed E-state index contributed by atoms with van der Waals surface area (Å²) in [6.45, 7) is 5.48. The van der Waals surface area contributed by atoms with Crippen molar-refractivity contribution in [3.05, 3.63) is 65.7 Å². The average Bonchev–Trinajstić information content (AvgIpc) is 2.60. The Labute approximate surface area is 140 Å². The second kappa shape index (κ2) is 9.36. The highest BCUT2D eigenvalue weighted by Crippen LogP contribution is 2.25. The molecule has 0 aliphatic rings. The highest BCUT2D eigenvalue weighted by molar-refractivity contribution is 5.29. The number of nitrogens with one attached hydrogen (secondary N) is 1. The number of ether oxygens (including phenoxy) is 1. The molecule has 0 fully saturated rings. The van der Waals surface area contributed by atoms with Gasteiger partial charge in [-0.25, -0.2) is 0 Å². The first-order valence-corrected chi connectivity index (χ1v) is 8.68. The van der Waals surface area contributed by atoms with Crippen LogP contribution in [0, 0.1) is 5.92 Å². The van der Waals surface area contributed by atoms with Crippen LogP contribution in [0.5, 0.6) is 5.75 Å². The summed E-state index contributed by atoms with van der Waals surface area (Å²) >= 11 is 0. The standard InChI is InChI=1S/C21H29NO/c1-4-17(2)16-18-10-12-20(13-11-18)23-21(14-15-22-3)19-8-6-5-7-9-19/h5-13,17,21-22H,4,14-16H2,1-3H3. The summed E-state index contributed by atoms with van der Waals surface area (Å²) in [7, 11) is 1.98. The fourth-order valence-electron chi connectivity index (χ4n) is 2.65. The van der Waals surface area contributed by atoms with Crippen molar-refractivity contribution in [1.82, 2.24) is 5.32 Å². The van der Waals surface area contributed by atoms with Gasteiger partial charge >= 0.3 is 0 Å². The molecule has 0 aromatic heterocycles. The van der Waals surface area contributed by atoms with Crippen LogP contribution < -0.4 is 10.1 Å². The maximum absolute atomic E-state index is 6.25. The lowest BCUT2D eigenvalue weighted by atomic mass is 9.99. The molecule has 0 saturated carbocycles. The number of benzene rings is 2. The van der Waals surface area contributed by atoms with Crippen molar-refractivity contribution >= 4 is 0 Å². The Bertz CT molecular complexity index is 550. The van der Waals surface area contributed by atoms with Gasteiger partial charge in [0.05, 0.1) is 0 Å². The van der Waals surface area contributed by atoms with Crippen molar-refractivity contribution in [2.75, 3.05) is 13.6 Å². The molecule has 2 unspecified atom stereocenters. The first-order chi connectivity index (χ1) is 11.2. The fourth-order valence-corrected chi connectivity index (χ4v) is 2.65. The van der Waals surface area contributed by atoms with Crippen LogP contribution in [-0.2, 0) is 6.42 Å². The van der Waals surface area contributed by atoms with Crippen LogP contribution in [0.1, 0.15) is 43.9 Å². The molecule has 2 aromatic carbocycles. The van der Waals surface area contributed by atoms with Crippen molar-refractivity contribution in [3.8, 4) is 5.75 Å². The molecule has 124 valence electrons. The summed E-state index contributed by atoms with van der Waals surface area (Å²) in [6, 6.07) is 19.1. The number of hydrogen-bond acceptors (Lipinski definition) is 2. The van der Waals surface area contributed by atoms with Crippen LogP contribution in [0.3, 0.4) is 0 Å². The van der Waals surface area contributed by atoms with E-state index in [9.17, 15) is 0 Å². The predicted octanol–water partition coefficient (Wildman–Crippen LogP) is 5.00. The van der Waals surface area contributed by atoms with E-state index >= 15 is 0 Å². The molecular formula is C21H29NO. The summed E-state index contributed by atoms with van der Waals surface area (Å²) in [5, 5.41) is 3.21. The third-order valence-corrected chi connectivity index (χ3v) is 4.31. The molecule has 2 atom stereocenters. The van der Waals surface area contributed by atoms with Gasteiger partial charge in [0, 0.05) is 6.42 Å². The monoisotopic (exact) mass is 311 g/mol. The van der Waals surface area contributed by atoms with Crippen molar-refractivity contribution in [2.45, 2.75) is 39.2 Å². The lowest BCUT2D eigenvalue weighted by Crippen LogP contribution is -2.16. The average molecular weight is 311 g/mol. The van der Waals surface area contributed by atoms with Gasteiger partial charge in [-0.3, -0.25) is 0 Å². The molecule has 0 bridgehead atoms. The molecule has 2 heteroatoms. The minimum absolute atomic E-state index is 0.0871. The van der Waals surface area contributed by atoms with E-state index < -0.39 is 0 Å². The van der Waals surface area contributed by atoms with Crippen LogP contribution >= 0.6 is 0 Å². The largest absolute Gasteiger partial charge is 0.486 e. The number of rotatable bonds is 9. The van der Waals surface area contributed by atoms with Crippen molar-refractivity contribution in [1.29, 1.82) is 0 Å². The Kier molecular flexibility index (Phi) is 7.15. The second-order valence-corrected chi connectivity index (χ2v) is 6.27. The molecule has 0 radical (unpaired) electrons. The molecule has 0 saturated heterocycles. The van der Waals surface area contributed by atoms with Gasteiger partial charge in [-0.1, -0.05) is 62.7 Å². The highest BCUT2D eigenvalue weighted by Gasteiger charge is 2.13. The third kappa shape index (κ3) is 5.72. The third-order valence-electron chi connectivity index (χ3n) is 4.31. The van der Waals surface area contributed by atoms with Gasteiger partial charge in [0.15, 0.2) is 0 Å². The Hall–Kier alpha value is -1.80. The summed E-state index contributed by atoms with van der Waals surface area (Å²) < 4.78 is 6.25. The Morgan fingerprint density at radius 1 is 1.00 bits per heavy atom. The molecule has 1 N–H and O–H groups in total. The van der Waals surface area contributed by atoms with Crippen LogP contribution in [0.15, 0.2) is 54.6 Å². The molecule has 0 aliphatic heterocycles. The lowest BCUT2D eigenvalue weighted by Gasteiger charge is -2.20. The Morgan fingerprint density at radius 2 is 1.70 bits per heavy atom. The first-order valence-electron chi connectivity index (χ1n) is 8.68. The lowest BCUT2D eigenvalue weighted by molar-refractivity contribution is 0.195. The van der Waals surface area contributed by atoms with Gasteiger partial charge in [0.1, 0.15) is 11.9 Å². The smallest absolute Gasteiger partial charge is 0.125 e. The van der Waals surface area contributed by atoms with Gasteiger partial charge in [-0.2, -0.15) is 0 Å². The van der Waals surface area contributed by atoms with E-state index in [-0.39, 0.29) is 6.10 Å². The molecule has 2 rings (SSSR count). The normalized spacial score (nSPS) is 13.5. The van der Waals surface area contributed by atoms with E-state index in [1.54, 1.807) is 0 Å². The molecule has 0 heterocycles. The molecular weight excluding hydrogens is 282 g/mol. The maximum Gasteiger partial charge on any atom is 0.125 e. The molecule has 2 nitrogen and oxygen atoms in total. The number of hydrogen-bond donors (Lipinski definition) is 1. The predicted molar refractivity (Wildman–Crippen MR) is 98.0 cm³/mol. The van der Waals surface area contributed by atoms with Crippen LogP contribution in [0.2, 0.25) is 0 Å². The molecule has 0 spiro atoms. The van der Waals surface area contributed by atoms with Gasteiger partial charge in [-0.15, -0.1) is 0 Å². The van der Waals surface area contributed by atoms with E-state index in [1.807, 2.05) is 13.1 Å². The summed E-state index contributed by atoms with van der Waals surface area (Å²) in [5.74, 6) is 1.68. The van der Waals surface area contributed by atoms with Crippen LogP contribution in [0.25, 0.3) is 0 Å². The van der Waals surface area contributed by atoms with E-state index in [1.165, 1.54) is 17.5 Å². The van der Waals surface area contributed by atoms with Gasteiger partial charge in [0.2, 0.25) is 0 Å².